The molecule has 1 nitrogen and oxygen atoms in total. The summed E-state index contributed by atoms with van der Waals surface area (Å²) < 4.78 is 12.8. The predicted molar refractivity (Wildman–Crippen MR) is 76.5 cm³/mol. The molecule has 1 fully saturated rings. The number of thioether (sulfide) groups is 1. The normalized spacial score (nSPS) is 16.8. The van der Waals surface area contributed by atoms with Crippen molar-refractivity contribution in [3.05, 3.63) is 30.1 Å². The van der Waals surface area contributed by atoms with Crippen LogP contribution in [0.25, 0.3) is 0 Å². The Balaban J connectivity index is 1.74. The van der Waals surface area contributed by atoms with Crippen molar-refractivity contribution < 1.29 is 4.39 Å². The first kappa shape index (κ1) is 13.9. The van der Waals surface area contributed by atoms with Crippen LogP contribution >= 0.6 is 11.8 Å². The smallest absolute Gasteiger partial charge is 0.123 e. The maximum absolute atomic E-state index is 12.8. The van der Waals surface area contributed by atoms with Gasteiger partial charge in [-0.1, -0.05) is 19.8 Å². The van der Waals surface area contributed by atoms with E-state index in [2.05, 4.69) is 12.2 Å². The average Bonchev–Trinajstić information content (AvgIpc) is 3.19. The highest BCUT2D eigenvalue weighted by atomic mass is 32.2. The lowest BCUT2D eigenvalue weighted by molar-refractivity contribution is 0.501. The van der Waals surface area contributed by atoms with Crippen molar-refractivity contribution in [2.75, 3.05) is 12.3 Å². The number of rotatable bonds is 8. The highest BCUT2D eigenvalue weighted by molar-refractivity contribution is 7.99. The monoisotopic (exact) mass is 267 g/mol. The Bertz CT molecular complexity index is 348. The van der Waals surface area contributed by atoms with Crippen molar-refractivity contribution in [1.29, 1.82) is 0 Å². The molecule has 3 heteroatoms. The summed E-state index contributed by atoms with van der Waals surface area (Å²) in [4.78, 5) is 1.16. The molecule has 0 bridgehead atoms. The Morgan fingerprint density at radius 1 is 1.33 bits per heavy atom. The Morgan fingerprint density at radius 2 is 2.06 bits per heavy atom. The van der Waals surface area contributed by atoms with E-state index < -0.39 is 0 Å². The van der Waals surface area contributed by atoms with Crippen LogP contribution < -0.4 is 5.32 Å². The Hall–Kier alpha value is -0.540. The molecule has 1 aromatic carbocycles. The van der Waals surface area contributed by atoms with Crippen LogP contribution in [0.5, 0.6) is 0 Å². The molecule has 2 rings (SSSR count). The third-order valence-corrected chi connectivity index (χ3v) is 4.55. The summed E-state index contributed by atoms with van der Waals surface area (Å²) in [5.74, 6) is 1.92. The van der Waals surface area contributed by atoms with Crippen molar-refractivity contribution in [2.24, 2.45) is 5.92 Å². The van der Waals surface area contributed by atoms with Crippen molar-refractivity contribution in [3.8, 4) is 0 Å². The quantitative estimate of drug-likeness (QED) is 0.712. The van der Waals surface area contributed by atoms with Gasteiger partial charge in [0.25, 0.3) is 0 Å². The number of hydrogen-bond acceptors (Lipinski definition) is 2. The second kappa shape index (κ2) is 7.15. The molecule has 0 saturated heterocycles. The fraction of sp³-hybridized carbons (Fsp3) is 0.600. The van der Waals surface area contributed by atoms with Crippen LogP contribution in [0.2, 0.25) is 0 Å². The van der Waals surface area contributed by atoms with Gasteiger partial charge in [-0.15, -0.1) is 11.8 Å². The molecule has 0 aliphatic heterocycles. The minimum Gasteiger partial charge on any atom is -0.313 e. The molecule has 0 spiro atoms. The summed E-state index contributed by atoms with van der Waals surface area (Å²) in [7, 11) is 0. The molecule has 100 valence electrons. The second-order valence-electron chi connectivity index (χ2n) is 5.04. The molecule has 1 saturated carbocycles. The SMILES string of the molecule is CCNC(CCC1CC1)CSc1ccc(F)cc1. The van der Waals surface area contributed by atoms with Gasteiger partial charge in [-0.2, -0.15) is 0 Å². The zero-order valence-corrected chi connectivity index (χ0v) is 11.8. The van der Waals surface area contributed by atoms with Crippen molar-refractivity contribution in [1.82, 2.24) is 5.32 Å². The average molecular weight is 267 g/mol. The van der Waals surface area contributed by atoms with Crippen molar-refractivity contribution in [3.63, 3.8) is 0 Å². The highest BCUT2D eigenvalue weighted by Crippen LogP contribution is 2.34. The summed E-state index contributed by atoms with van der Waals surface area (Å²) in [6.07, 6.45) is 5.50. The number of nitrogens with one attached hydrogen (secondary N) is 1. The van der Waals surface area contributed by atoms with E-state index in [1.54, 1.807) is 0 Å². The number of halogens is 1. The highest BCUT2D eigenvalue weighted by Gasteiger charge is 2.22. The van der Waals surface area contributed by atoms with Crippen LogP contribution in [0.1, 0.15) is 32.6 Å². The van der Waals surface area contributed by atoms with Crippen LogP contribution in [0.3, 0.4) is 0 Å². The number of benzene rings is 1. The van der Waals surface area contributed by atoms with Gasteiger partial charge in [0, 0.05) is 16.7 Å². The molecule has 1 unspecified atom stereocenters. The first-order valence-corrected chi connectivity index (χ1v) is 7.88. The molecule has 1 aliphatic rings. The van der Waals surface area contributed by atoms with Crippen LogP contribution in [0.15, 0.2) is 29.2 Å². The topological polar surface area (TPSA) is 12.0 Å². The van der Waals surface area contributed by atoms with E-state index >= 15 is 0 Å². The van der Waals surface area contributed by atoms with Crippen LogP contribution in [-0.2, 0) is 0 Å². The maximum atomic E-state index is 12.8. The molecule has 0 heterocycles. The molecule has 1 N–H and O–H groups in total. The molecular weight excluding hydrogens is 245 g/mol. The molecule has 1 aliphatic carbocycles. The summed E-state index contributed by atoms with van der Waals surface area (Å²) in [5, 5.41) is 3.55. The van der Waals surface area contributed by atoms with Gasteiger partial charge >= 0.3 is 0 Å². The Labute approximate surface area is 114 Å². The first-order chi connectivity index (χ1) is 8.78. The maximum Gasteiger partial charge on any atom is 0.123 e. The molecule has 1 atom stereocenters. The summed E-state index contributed by atoms with van der Waals surface area (Å²) in [6.45, 7) is 3.19. The lowest BCUT2D eigenvalue weighted by Gasteiger charge is -2.17. The van der Waals surface area contributed by atoms with E-state index in [9.17, 15) is 4.39 Å². The lowest BCUT2D eigenvalue weighted by atomic mass is 10.1. The van der Waals surface area contributed by atoms with E-state index in [1.165, 1.54) is 37.8 Å². The molecule has 0 radical (unpaired) electrons. The molecule has 0 amide bonds. The van der Waals surface area contributed by atoms with Gasteiger partial charge in [0.15, 0.2) is 0 Å². The van der Waals surface area contributed by atoms with Crippen molar-refractivity contribution in [2.45, 2.75) is 43.5 Å². The number of hydrogen-bond donors (Lipinski definition) is 1. The molecule has 1 aromatic rings. The summed E-state index contributed by atoms with van der Waals surface area (Å²) >= 11 is 1.82. The molecule has 0 aromatic heterocycles. The van der Waals surface area contributed by atoms with E-state index in [4.69, 9.17) is 0 Å². The third-order valence-electron chi connectivity index (χ3n) is 3.38. The lowest BCUT2D eigenvalue weighted by Crippen LogP contribution is -2.31. The summed E-state index contributed by atoms with van der Waals surface area (Å²) in [5.41, 5.74) is 0. The standard InChI is InChI=1S/C15H22FNS/c1-2-17-14(8-5-12-3-4-12)11-18-15-9-6-13(16)7-10-15/h6-7,9-10,12,14,17H,2-5,8,11H2,1H3. The zero-order valence-electron chi connectivity index (χ0n) is 11.0. The zero-order chi connectivity index (χ0) is 12.8. The molecule has 18 heavy (non-hydrogen) atoms. The van der Waals surface area contributed by atoms with E-state index in [0.29, 0.717) is 6.04 Å². The van der Waals surface area contributed by atoms with Crippen LogP contribution in [-0.4, -0.2) is 18.3 Å². The van der Waals surface area contributed by atoms with Gasteiger partial charge in [0.05, 0.1) is 0 Å². The Kier molecular flexibility index (Phi) is 5.51. The van der Waals surface area contributed by atoms with Crippen LogP contribution in [0.4, 0.5) is 4.39 Å². The van der Waals surface area contributed by atoms with E-state index in [0.717, 1.165) is 23.1 Å². The van der Waals surface area contributed by atoms with Crippen LogP contribution in [0, 0.1) is 11.7 Å². The predicted octanol–water partition coefficient (Wildman–Crippen LogP) is 4.09. The Morgan fingerprint density at radius 3 is 2.67 bits per heavy atom. The van der Waals surface area contributed by atoms with Crippen molar-refractivity contribution >= 4 is 11.8 Å². The summed E-state index contributed by atoms with van der Waals surface area (Å²) in [6, 6.07) is 7.39. The van der Waals surface area contributed by atoms with Gasteiger partial charge in [-0.3, -0.25) is 0 Å². The van der Waals surface area contributed by atoms with Gasteiger partial charge in [0.2, 0.25) is 0 Å². The van der Waals surface area contributed by atoms with Gasteiger partial charge in [0.1, 0.15) is 5.82 Å². The van der Waals surface area contributed by atoms with Gasteiger partial charge < -0.3 is 5.32 Å². The first-order valence-electron chi connectivity index (χ1n) is 6.89. The van der Waals surface area contributed by atoms with E-state index in [-0.39, 0.29) is 5.82 Å². The fourth-order valence-electron chi connectivity index (χ4n) is 2.10. The largest absolute Gasteiger partial charge is 0.313 e. The van der Waals surface area contributed by atoms with Gasteiger partial charge in [-0.25, -0.2) is 4.39 Å². The second-order valence-corrected chi connectivity index (χ2v) is 6.13. The minimum absolute atomic E-state index is 0.156. The van der Waals surface area contributed by atoms with E-state index in [1.807, 2.05) is 23.9 Å². The molecular formula is C15H22FNS. The van der Waals surface area contributed by atoms with Gasteiger partial charge in [-0.05, 0) is 49.6 Å². The minimum atomic E-state index is -0.156. The fourth-order valence-corrected chi connectivity index (χ4v) is 3.11. The third kappa shape index (κ3) is 4.99.